The van der Waals surface area contributed by atoms with Crippen LogP contribution in [0.3, 0.4) is 0 Å². The Morgan fingerprint density at radius 2 is 2.14 bits per heavy atom. The quantitative estimate of drug-likeness (QED) is 0.812. The molecule has 0 bridgehead atoms. The van der Waals surface area contributed by atoms with Crippen molar-refractivity contribution < 1.29 is 14.9 Å². The van der Waals surface area contributed by atoms with Crippen LogP contribution < -0.4 is 4.74 Å². The Kier molecular flexibility index (Phi) is 3.61. The minimum absolute atomic E-state index is 0.0223. The zero-order valence-corrected chi connectivity index (χ0v) is 8.93. The summed E-state index contributed by atoms with van der Waals surface area (Å²) < 4.78 is 4.95. The molecule has 78 valence electrons. The summed E-state index contributed by atoms with van der Waals surface area (Å²) >= 11 is 6.00. The number of aryl methyl sites for hydroxylation is 1. The highest BCUT2D eigenvalue weighted by Crippen LogP contribution is 2.38. The highest BCUT2D eigenvalue weighted by Gasteiger charge is 2.14. The van der Waals surface area contributed by atoms with E-state index in [1.165, 1.54) is 7.11 Å². The molecule has 3 nitrogen and oxygen atoms in total. The van der Waals surface area contributed by atoms with Crippen molar-refractivity contribution in [2.45, 2.75) is 13.3 Å². The molecule has 0 spiro atoms. The van der Waals surface area contributed by atoms with Gasteiger partial charge in [-0.3, -0.25) is 0 Å². The van der Waals surface area contributed by atoms with Crippen molar-refractivity contribution in [2.24, 2.45) is 0 Å². The van der Waals surface area contributed by atoms with Crippen LogP contribution in [0.2, 0.25) is 5.02 Å². The second kappa shape index (κ2) is 4.53. The molecule has 0 aliphatic rings. The number of rotatable bonds is 3. The molecule has 0 aliphatic heterocycles. The lowest BCUT2D eigenvalue weighted by Crippen LogP contribution is -1.98. The van der Waals surface area contributed by atoms with Crippen LogP contribution in [0.5, 0.6) is 11.5 Å². The molecule has 1 aromatic rings. The third-order valence-electron chi connectivity index (χ3n) is 2.09. The summed E-state index contributed by atoms with van der Waals surface area (Å²) in [5.74, 6) is 0.289. The van der Waals surface area contributed by atoms with Crippen molar-refractivity contribution in [1.82, 2.24) is 0 Å². The number of phenolic OH excluding ortho intramolecular Hbond substituents is 1. The first kappa shape index (κ1) is 11.1. The van der Waals surface area contributed by atoms with Gasteiger partial charge in [-0.1, -0.05) is 11.6 Å². The van der Waals surface area contributed by atoms with E-state index in [0.717, 1.165) is 11.1 Å². The number of methoxy groups -OCH3 is 1. The van der Waals surface area contributed by atoms with E-state index in [9.17, 15) is 5.11 Å². The van der Waals surface area contributed by atoms with Crippen LogP contribution in [0.1, 0.15) is 11.1 Å². The van der Waals surface area contributed by atoms with Gasteiger partial charge in [0.25, 0.3) is 0 Å². The number of hydrogen-bond acceptors (Lipinski definition) is 3. The summed E-state index contributed by atoms with van der Waals surface area (Å²) in [7, 11) is 1.44. The monoisotopic (exact) mass is 216 g/mol. The predicted octanol–water partition coefficient (Wildman–Crippen LogP) is 1.90. The van der Waals surface area contributed by atoms with Crippen LogP contribution >= 0.6 is 11.6 Å². The van der Waals surface area contributed by atoms with Crippen LogP contribution in [-0.4, -0.2) is 23.9 Å². The number of hydrogen-bond donors (Lipinski definition) is 2. The van der Waals surface area contributed by atoms with Gasteiger partial charge in [-0.25, -0.2) is 0 Å². The van der Waals surface area contributed by atoms with Crippen molar-refractivity contribution in [3.63, 3.8) is 0 Å². The van der Waals surface area contributed by atoms with E-state index >= 15 is 0 Å². The number of ether oxygens (including phenoxy) is 1. The van der Waals surface area contributed by atoms with Gasteiger partial charge in [-0.05, 0) is 30.5 Å². The normalized spacial score (nSPS) is 10.3. The van der Waals surface area contributed by atoms with E-state index in [-0.39, 0.29) is 18.1 Å². The molecule has 0 aliphatic carbocycles. The Morgan fingerprint density at radius 1 is 1.50 bits per heavy atom. The summed E-state index contributed by atoms with van der Waals surface area (Å²) in [5, 5.41) is 18.7. The van der Waals surface area contributed by atoms with Crippen molar-refractivity contribution >= 4 is 11.6 Å². The Hall–Kier alpha value is -0.930. The summed E-state index contributed by atoms with van der Waals surface area (Å²) in [6.07, 6.45) is 0.460. The van der Waals surface area contributed by atoms with Crippen LogP contribution in [0.15, 0.2) is 6.07 Å². The number of aromatic hydroxyl groups is 1. The standard InChI is InChI=1S/C10H13ClO3/c1-6-5-8(13)10(14-2)9(11)7(6)3-4-12/h5,12-13H,3-4H2,1-2H3. The second-order valence-corrected chi connectivity index (χ2v) is 3.39. The van der Waals surface area contributed by atoms with Crippen LogP contribution in [0.4, 0.5) is 0 Å². The zero-order chi connectivity index (χ0) is 10.7. The third kappa shape index (κ3) is 1.94. The molecule has 0 amide bonds. The zero-order valence-electron chi connectivity index (χ0n) is 8.17. The van der Waals surface area contributed by atoms with Crippen molar-refractivity contribution in [2.75, 3.05) is 13.7 Å². The van der Waals surface area contributed by atoms with E-state index < -0.39 is 0 Å². The van der Waals surface area contributed by atoms with Gasteiger partial charge in [0.2, 0.25) is 0 Å². The van der Waals surface area contributed by atoms with E-state index in [0.29, 0.717) is 11.4 Å². The minimum atomic E-state index is 0.0223. The Balaban J connectivity index is 3.28. The molecule has 1 aromatic carbocycles. The molecule has 0 saturated heterocycles. The molecule has 4 heteroatoms. The van der Waals surface area contributed by atoms with Gasteiger partial charge >= 0.3 is 0 Å². The molecule has 0 heterocycles. The molecule has 0 aromatic heterocycles. The van der Waals surface area contributed by atoms with Crippen molar-refractivity contribution in [1.29, 1.82) is 0 Å². The molecule has 0 saturated carbocycles. The summed E-state index contributed by atoms with van der Waals surface area (Å²) in [6.45, 7) is 1.85. The maximum Gasteiger partial charge on any atom is 0.179 e. The number of aliphatic hydroxyl groups excluding tert-OH is 1. The maximum atomic E-state index is 9.49. The van der Waals surface area contributed by atoms with E-state index in [2.05, 4.69) is 0 Å². The lowest BCUT2D eigenvalue weighted by atomic mass is 10.0. The molecule has 0 unspecified atom stereocenters. The molecule has 1 rings (SSSR count). The summed E-state index contributed by atoms with van der Waals surface area (Å²) in [4.78, 5) is 0. The lowest BCUT2D eigenvalue weighted by molar-refractivity contribution is 0.299. The minimum Gasteiger partial charge on any atom is -0.504 e. The third-order valence-corrected chi connectivity index (χ3v) is 2.49. The first-order valence-electron chi connectivity index (χ1n) is 4.27. The molecule has 0 fully saturated rings. The highest BCUT2D eigenvalue weighted by atomic mass is 35.5. The average molecular weight is 217 g/mol. The fourth-order valence-electron chi connectivity index (χ4n) is 1.39. The highest BCUT2D eigenvalue weighted by molar-refractivity contribution is 6.33. The average Bonchev–Trinajstić information content (AvgIpc) is 2.12. The first-order valence-corrected chi connectivity index (χ1v) is 4.65. The van der Waals surface area contributed by atoms with Gasteiger partial charge < -0.3 is 14.9 Å². The fraction of sp³-hybridized carbons (Fsp3) is 0.400. The summed E-state index contributed by atoms with van der Waals surface area (Å²) in [6, 6.07) is 1.58. The van der Waals surface area contributed by atoms with E-state index in [4.69, 9.17) is 21.4 Å². The number of benzene rings is 1. The van der Waals surface area contributed by atoms with Crippen molar-refractivity contribution in [3.8, 4) is 11.5 Å². The van der Waals surface area contributed by atoms with Crippen LogP contribution in [-0.2, 0) is 6.42 Å². The molecule has 2 N–H and O–H groups in total. The van der Waals surface area contributed by atoms with Gasteiger partial charge in [0.1, 0.15) is 0 Å². The smallest absolute Gasteiger partial charge is 0.179 e. The predicted molar refractivity (Wildman–Crippen MR) is 55.2 cm³/mol. The first-order chi connectivity index (χ1) is 6.61. The topological polar surface area (TPSA) is 49.7 Å². The number of halogens is 1. The largest absolute Gasteiger partial charge is 0.504 e. The van der Waals surface area contributed by atoms with E-state index in [1.807, 2.05) is 6.92 Å². The van der Waals surface area contributed by atoms with Gasteiger partial charge in [-0.2, -0.15) is 0 Å². The van der Waals surface area contributed by atoms with Gasteiger partial charge in [0, 0.05) is 6.61 Å². The number of aliphatic hydroxyl groups is 1. The molecule has 14 heavy (non-hydrogen) atoms. The van der Waals surface area contributed by atoms with Crippen molar-refractivity contribution in [3.05, 3.63) is 22.2 Å². The Labute approximate surface area is 87.9 Å². The van der Waals surface area contributed by atoms with Crippen LogP contribution in [0.25, 0.3) is 0 Å². The van der Waals surface area contributed by atoms with Gasteiger partial charge in [-0.15, -0.1) is 0 Å². The molecule has 0 atom stereocenters. The van der Waals surface area contributed by atoms with Gasteiger partial charge in [0.05, 0.1) is 12.1 Å². The lowest BCUT2D eigenvalue weighted by Gasteiger charge is -2.12. The SMILES string of the molecule is COc1c(O)cc(C)c(CCO)c1Cl. The van der Waals surface area contributed by atoms with Crippen LogP contribution in [0, 0.1) is 6.92 Å². The summed E-state index contributed by atoms with van der Waals surface area (Å²) in [5.41, 5.74) is 1.66. The van der Waals surface area contributed by atoms with E-state index in [1.54, 1.807) is 6.07 Å². The fourth-order valence-corrected chi connectivity index (χ4v) is 1.81. The maximum absolute atomic E-state index is 9.49. The molecule has 0 radical (unpaired) electrons. The molecular weight excluding hydrogens is 204 g/mol. The molecular formula is C10H13ClO3. The Morgan fingerprint density at radius 3 is 2.64 bits per heavy atom. The van der Waals surface area contributed by atoms with Gasteiger partial charge in [0.15, 0.2) is 11.5 Å². The Bertz CT molecular complexity index is 337. The second-order valence-electron chi connectivity index (χ2n) is 3.01. The number of phenols is 1.